The Kier molecular flexibility index (Phi) is 3.44. The number of pyridine rings is 2. The Morgan fingerprint density at radius 1 is 0.852 bits per heavy atom. The molecule has 0 saturated carbocycles. The van der Waals surface area contributed by atoms with Gasteiger partial charge in [0.25, 0.3) is 0 Å². The summed E-state index contributed by atoms with van der Waals surface area (Å²) >= 11 is 0. The number of para-hydroxylation sites is 1. The zero-order valence-corrected chi connectivity index (χ0v) is 14.3. The van der Waals surface area contributed by atoms with Gasteiger partial charge in [-0.1, -0.05) is 48.5 Å². The van der Waals surface area contributed by atoms with Gasteiger partial charge in [0.1, 0.15) is 6.07 Å². The second-order valence-electron chi connectivity index (χ2n) is 6.35. The average molecular weight is 346 g/mol. The number of H-pyrrole nitrogens is 1. The summed E-state index contributed by atoms with van der Waals surface area (Å²) in [6.45, 7) is 0. The van der Waals surface area contributed by atoms with E-state index in [2.05, 4.69) is 17.1 Å². The van der Waals surface area contributed by atoms with E-state index in [1.54, 1.807) is 0 Å². The van der Waals surface area contributed by atoms with Crippen molar-refractivity contribution in [1.82, 2.24) is 15.0 Å². The van der Waals surface area contributed by atoms with Crippen LogP contribution in [0.2, 0.25) is 0 Å². The molecule has 0 amide bonds. The first kappa shape index (κ1) is 15.3. The number of hydrogen-bond acceptors (Lipinski definition) is 3. The first-order chi connectivity index (χ1) is 13.3. The van der Waals surface area contributed by atoms with Crippen LogP contribution in [0.3, 0.4) is 0 Å². The van der Waals surface area contributed by atoms with Gasteiger partial charge in [0.2, 0.25) is 0 Å². The van der Waals surface area contributed by atoms with E-state index in [-0.39, 0.29) is 0 Å². The van der Waals surface area contributed by atoms with E-state index in [9.17, 15) is 5.26 Å². The van der Waals surface area contributed by atoms with Gasteiger partial charge in [-0.05, 0) is 24.3 Å². The highest BCUT2D eigenvalue weighted by Crippen LogP contribution is 2.30. The molecular formula is C23H14N4. The number of nitriles is 1. The van der Waals surface area contributed by atoms with E-state index in [4.69, 9.17) is 9.97 Å². The number of rotatable bonds is 2. The quantitative estimate of drug-likeness (QED) is 0.470. The van der Waals surface area contributed by atoms with Gasteiger partial charge in [-0.25, -0.2) is 9.97 Å². The van der Waals surface area contributed by atoms with Crippen LogP contribution in [0.5, 0.6) is 0 Å². The largest absolute Gasteiger partial charge is 0.360 e. The van der Waals surface area contributed by atoms with Crippen molar-refractivity contribution in [2.45, 2.75) is 0 Å². The lowest BCUT2D eigenvalue weighted by molar-refractivity contribution is 1.28. The molecule has 0 spiro atoms. The summed E-state index contributed by atoms with van der Waals surface area (Å²) < 4.78 is 0. The summed E-state index contributed by atoms with van der Waals surface area (Å²) in [7, 11) is 0. The summed E-state index contributed by atoms with van der Waals surface area (Å²) in [5.41, 5.74) is 5.73. The lowest BCUT2D eigenvalue weighted by Gasteiger charge is -2.07. The molecule has 0 aliphatic heterocycles. The fraction of sp³-hybridized carbons (Fsp3) is 0. The third kappa shape index (κ3) is 2.54. The number of hydrogen-bond donors (Lipinski definition) is 1. The van der Waals surface area contributed by atoms with Crippen LogP contribution < -0.4 is 0 Å². The van der Waals surface area contributed by atoms with Gasteiger partial charge in [0.15, 0.2) is 5.65 Å². The minimum absolute atomic E-state index is 0.551. The van der Waals surface area contributed by atoms with E-state index in [0.717, 1.165) is 33.1 Å². The Labute approximate surface area is 155 Å². The van der Waals surface area contributed by atoms with Crippen LogP contribution in [0.25, 0.3) is 44.5 Å². The molecule has 0 radical (unpaired) electrons. The number of aromatic nitrogens is 3. The monoisotopic (exact) mass is 346 g/mol. The van der Waals surface area contributed by atoms with Crippen molar-refractivity contribution in [1.29, 1.82) is 5.26 Å². The summed E-state index contributed by atoms with van der Waals surface area (Å²) in [5, 5.41) is 11.5. The van der Waals surface area contributed by atoms with E-state index in [1.165, 1.54) is 0 Å². The molecule has 126 valence electrons. The Balaban J connectivity index is 1.73. The molecule has 0 fully saturated rings. The van der Waals surface area contributed by atoms with Crippen LogP contribution in [-0.2, 0) is 0 Å². The Bertz CT molecular complexity index is 1330. The van der Waals surface area contributed by atoms with Crippen LogP contribution in [0.15, 0.2) is 79.0 Å². The second-order valence-corrected chi connectivity index (χ2v) is 6.35. The van der Waals surface area contributed by atoms with Crippen molar-refractivity contribution in [3.63, 3.8) is 0 Å². The van der Waals surface area contributed by atoms with Gasteiger partial charge in [-0.2, -0.15) is 5.26 Å². The van der Waals surface area contributed by atoms with Gasteiger partial charge in [0.05, 0.1) is 17.0 Å². The fourth-order valence-corrected chi connectivity index (χ4v) is 3.39. The van der Waals surface area contributed by atoms with Crippen molar-refractivity contribution in [3.05, 3.63) is 84.6 Å². The highest BCUT2D eigenvalue weighted by atomic mass is 14.9. The van der Waals surface area contributed by atoms with E-state index < -0.39 is 0 Å². The number of benzene rings is 2. The molecule has 3 aromatic heterocycles. The molecule has 1 N–H and O–H groups in total. The number of aromatic amines is 1. The predicted molar refractivity (Wildman–Crippen MR) is 107 cm³/mol. The molecule has 4 heteroatoms. The van der Waals surface area contributed by atoms with Crippen LogP contribution in [0, 0.1) is 11.3 Å². The maximum absolute atomic E-state index is 9.55. The summed E-state index contributed by atoms with van der Waals surface area (Å²) in [4.78, 5) is 12.8. The molecule has 0 saturated heterocycles. The van der Waals surface area contributed by atoms with Gasteiger partial charge < -0.3 is 4.98 Å². The molecule has 0 aliphatic rings. The van der Waals surface area contributed by atoms with Crippen molar-refractivity contribution in [2.24, 2.45) is 0 Å². The lowest BCUT2D eigenvalue weighted by atomic mass is 10.0. The Hall–Kier alpha value is -3.97. The Morgan fingerprint density at radius 2 is 1.67 bits per heavy atom. The molecule has 0 unspecified atom stereocenters. The van der Waals surface area contributed by atoms with Crippen LogP contribution in [-0.4, -0.2) is 15.0 Å². The lowest BCUT2D eigenvalue weighted by Crippen LogP contribution is -1.94. The molecule has 2 aromatic carbocycles. The van der Waals surface area contributed by atoms with E-state index in [0.29, 0.717) is 16.9 Å². The van der Waals surface area contributed by atoms with Crippen molar-refractivity contribution in [3.8, 4) is 28.6 Å². The maximum atomic E-state index is 9.55. The van der Waals surface area contributed by atoms with Crippen LogP contribution in [0.4, 0.5) is 0 Å². The molecule has 5 aromatic rings. The smallest absolute Gasteiger partial charge is 0.160 e. The predicted octanol–water partition coefficient (Wildman–Crippen LogP) is 5.32. The Morgan fingerprint density at radius 3 is 2.52 bits per heavy atom. The summed E-state index contributed by atoms with van der Waals surface area (Å²) in [6, 6.07) is 26.0. The second kappa shape index (κ2) is 6.08. The molecule has 0 atom stereocenters. The fourth-order valence-electron chi connectivity index (χ4n) is 3.39. The maximum Gasteiger partial charge on any atom is 0.160 e. The highest BCUT2D eigenvalue weighted by Gasteiger charge is 2.12. The SMILES string of the molecule is N#Cc1cc2ccc(-c3c[nH]c4ccccc34)nc2nc1-c1ccccc1. The molecule has 4 nitrogen and oxygen atoms in total. The van der Waals surface area contributed by atoms with Gasteiger partial charge in [-0.15, -0.1) is 0 Å². The van der Waals surface area contributed by atoms with Gasteiger partial charge in [0, 0.05) is 33.6 Å². The van der Waals surface area contributed by atoms with Crippen molar-refractivity contribution < 1.29 is 0 Å². The number of fused-ring (bicyclic) bond motifs is 2. The average Bonchev–Trinajstić information content (AvgIpc) is 3.17. The molecular weight excluding hydrogens is 332 g/mol. The number of nitrogens with zero attached hydrogens (tertiary/aromatic N) is 3. The standard InChI is InChI=1S/C23H14N4/c24-13-17-12-16-10-11-21(19-14-25-20-9-5-4-8-18(19)20)26-23(16)27-22(17)15-6-2-1-3-7-15/h1-12,14,25H. The number of nitrogens with one attached hydrogen (secondary N) is 1. The van der Waals surface area contributed by atoms with Crippen LogP contribution >= 0.6 is 0 Å². The molecule has 5 rings (SSSR count). The third-order valence-electron chi connectivity index (χ3n) is 4.71. The zero-order valence-electron chi connectivity index (χ0n) is 14.3. The zero-order chi connectivity index (χ0) is 18.2. The highest BCUT2D eigenvalue weighted by molar-refractivity contribution is 5.95. The first-order valence-electron chi connectivity index (χ1n) is 8.67. The van der Waals surface area contributed by atoms with E-state index in [1.807, 2.05) is 72.9 Å². The van der Waals surface area contributed by atoms with E-state index >= 15 is 0 Å². The minimum Gasteiger partial charge on any atom is -0.360 e. The van der Waals surface area contributed by atoms with Crippen LogP contribution in [0.1, 0.15) is 5.56 Å². The van der Waals surface area contributed by atoms with Crippen molar-refractivity contribution >= 4 is 21.9 Å². The normalized spacial score (nSPS) is 10.9. The van der Waals surface area contributed by atoms with Gasteiger partial charge >= 0.3 is 0 Å². The van der Waals surface area contributed by atoms with Crippen molar-refractivity contribution in [2.75, 3.05) is 0 Å². The topological polar surface area (TPSA) is 65.4 Å². The molecule has 0 aliphatic carbocycles. The minimum atomic E-state index is 0.551. The molecule has 3 heterocycles. The summed E-state index contributed by atoms with van der Waals surface area (Å²) in [5.74, 6) is 0. The first-order valence-corrected chi connectivity index (χ1v) is 8.67. The molecule has 27 heavy (non-hydrogen) atoms. The third-order valence-corrected chi connectivity index (χ3v) is 4.71. The summed E-state index contributed by atoms with van der Waals surface area (Å²) in [6.07, 6.45) is 1.97. The molecule has 0 bridgehead atoms. The van der Waals surface area contributed by atoms with Gasteiger partial charge in [-0.3, -0.25) is 0 Å².